The third-order valence-electron chi connectivity index (χ3n) is 4.27. The van der Waals surface area contributed by atoms with Crippen LogP contribution in [0.1, 0.15) is 21.9 Å². The number of benzene rings is 1. The van der Waals surface area contributed by atoms with Gasteiger partial charge in [0.05, 0.1) is 18.4 Å². The first kappa shape index (κ1) is 17.7. The Morgan fingerprint density at radius 1 is 1.00 bits per heavy atom. The number of carbonyl (C=O) groups is 1. The minimum absolute atomic E-state index is 0.133. The van der Waals surface area contributed by atoms with Crippen molar-refractivity contribution in [3.8, 4) is 11.3 Å². The number of hydrogen-bond acceptors (Lipinski definition) is 4. The molecule has 0 aliphatic heterocycles. The van der Waals surface area contributed by atoms with Gasteiger partial charge in [0, 0.05) is 18.9 Å². The van der Waals surface area contributed by atoms with E-state index in [4.69, 9.17) is 8.83 Å². The van der Waals surface area contributed by atoms with Gasteiger partial charge in [-0.2, -0.15) is 0 Å². The van der Waals surface area contributed by atoms with Gasteiger partial charge in [-0.25, -0.2) is 4.39 Å². The van der Waals surface area contributed by atoms with Crippen LogP contribution in [0, 0.1) is 5.82 Å². The van der Waals surface area contributed by atoms with E-state index in [2.05, 4.69) is 4.98 Å². The maximum absolute atomic E-state index is 14.0. The molecule has 140 valence electrons. The van der Waals surface area contributed by atoms with Crippen LogP contribution in [-0.2, 0) is 13.1 Å². The summed E-state index contributed by atoms with van der Waals surface area (Å²) in [6, 6.07) is 16.7. The second-order valence-electron chi connectivity index (χ2n) is 6.25. The molecule has 4 aromatic rings. The Bertz CT molecular complexity index is 1060. The van der Waals surface area contributed by atoms with Crippen molar-refractivity contribution in [3.05, 3.63) is 102 Å². The molecule has 0 unspecified atom stereocenters. The summed E-state index contributed by atoms with van der Waals surface area (Å²) in [5, 5.41) is 0. The summed E-state index contributed by atoms with van der Waals surface area (Å²) in [7, 11) is 0. The molecule has 0 bridgehead atoms. The fraction of sp³-hybridized carbons (Fsp3) is 0.0909. The van der Waals surface area contributed by atoms with E-state index in [0.717, 1.165) is 5.56 Å². The predicted molar refractivity (Wildman–Crippen MR) is 101 cm³/mol. The average Bonchev–Trinajstić information content (AvgIpc) is 3.40. The Labute approximate surface area is 161 Å². The third kappa shape index (κ3) is 3.86. The molecule has 0 saturated heterocycles. The van der Waals surface area contributed by atoms with E-state index in [1.165, 1.54) is 6.07 Å². The van der Waals surface area contributed by atoms with Gasteiger partial charge in [0.2, 0.25) is 0 Å². The standard InChI is InChI=1S/C22H17FN2O3/c23-19-8-2-1-7-18(19)20-9-10-21(28-20)22(26)25(15-17-6-4-12-27-17)14-16-5-3-11-24-13-16/h1-13H,14-15H2. The monoisotopic (exact) mass is 376 g/mol. The van der Waals surface area contributed by atoms with Crippen molar-refractivity contribution in [3.63, 3.8) is 0 Å². The molecule has 5 nitrogen and oxygen atoms in total. The Morgan fingerprint density at radius 2 is 1.89 bits per heavy atom. The largest absolute Gasteiger partial charge is 0.467 e. The lowest BCUT2D eigenvalue weighted by Gasteiger charge is -2.20. The first-order valence-corrected chi connectivity index (χ1v) is 8.76. The quantitative estimate of drug-likeness (QED) is 0.479. The molecular weight excluding hydrogens is 359 g/mol. The van der Waals surface area contributed by atoms with Gasteiger partial charge in [-0.3, -0.25) is 9.78 Å². The lowest BCUT2D eigenvalue weighted by molar-refractivity contribution is 0.0686. The first-order chi connectivity index (χ1) is 13.7. The molecule has 0 saturated carbocycles. The number of hydrogen-bond donors (Lipinski definition) is 0. The van der Waals surface area contributed by atoms with Crippen molar-refractivity contribution < 1.29 is 18.0 Å². The summed E-state index contributed by atoms with van der Waals surface area (Å²) in [5.41, 5.74) is 1.19. The molecule has 1 aromatic carbocycles. The van der Waals surface area contributed by atoms with Crippen molar-refractivity contribution in [1.82, 2.24) is 9.88 Å². The van der Waals surface area contributed by atoms with E-state index in [0.29, 0.717) is 23.6 Å². The highest BCUT2D eigenvalue weighted by Gasteiger charge is 2.22. The van der Waals surface area contributed by atoms with E-state index >= 15 is 0 Å². The summed E-state index contributed by atoms with van der Waals surface area (Å²) in [6.45, 7) is 0.611. The van der Waals surface area contributed by atoms with E-state index in [1.54, 1.807) is 66.0 Å². The van der Waals surface area contributed by atoms with Crippen LogP contribution in [0.2, 0.25) is 0 Å². The van der Waals surface area contributed by atoms with E-state index in [-0.39, 0.29) is 18.2 Å². The van der Waals surface area contributed by atoms with Gasteiger partial charge < -0.3 is 13.7 Å². The number of rotatable bonds is 6. The van der Waals surface area contributed by atoms with Crippen molar-refractivity contribution in [2.45, 2.75) is 13.1 Å². The maximum atomic E-state index is 14.0. The highest BCUT2D eigenvalue weighted by Crippen LogP contribution is 2.26. The van der Waals surface area contributed by atoms with Crippen LogP contribution in [0.15, 0.2) is 88.2 Å². The van der Waals surface area contributed by atoms with Gasteiger partial charge in [0.1, 0.15) is 17.3 Å². The molecule has 0 atom stereocenters. The fourth-order valence-electron chi connectivity index (χ4n) is 2.92. The van der Waals surface area contributed by atoms with Crippen LogP contribution >= 0.6 is 0 Å². The zero-order chi connectivity index (χ0) is 19.3. The summed E-state index contributed by atoms with van der Waals surface area (Å²) >= 11 is 0. The summed E-state index contributed by atoms with van der Waals surface area (Å²) in [6.07, 6.45) is 4.94. The highest BCUT2D eigenvalue weighted by molar-refractivity contribution is 5.92. The molecular formula is C22H17FN2O3. The Morgan fingerprint density at radius 3 is 2.64 bits per heavy atom. The minimum atomic E-state index is -0.404. The van der Waals surface area contributed by atoms with Gasteiger partial charge >= 0.3 is 0 Å². The van der Waals surface area contributed by atoms with Crippen LogP contribution in [0.3, 0.4) is 0 Å². The molecule has 0 aliphatic carbocycles. The lowest BCUT2D eigenvalue weighted by atomic mass is 10.1. The molecule has 1 amide bonds. The van der Waals surface area contributed by atoms with Gasteiger partial charge in [0.15, 0.2) is 5.76 Å². The van der Waals surface area contributed by atoms with Crippen LogP contribution in [0.25, 0.3) is 11.3 Å². The van der Waals surface area contributed by atoms with Crippen molar-refractivity contribution in [1.29, 1.82) is 0 Å². The topological polar surface area (TPSA) is 59.5 Å². The van der Waals surface area contributed by atoms with Gasteiger partial charge in [-0.15, -0.1) is 0 Å². The third-order valence-corrected chi connectivity index (χ3v) is 4.27. The average molecular weight is 376 g/mol. The smallest absolute Gasteiger partial charge is 0.290 e. The maximum Gasteiger partial charge on any atom is 0.290 e. The second kappa shape index (κ2) is 7.92. The van der Waals surface area contributed by atoms with Crippen LogP contribution in [0.4, 0.5) is 4.39 Å². The first-order valence-electron chi connectivity index (χ1n) is 8.76. The number of amides is 1. The lowest BCUT2D eigenvalue weighted by Crippen LogP contribution is -2.29. The van der Waals surface area contributed by atoms with E-state index in [1.807, 2.05) is 12.1 Å². The Kier molecular flexibility index (Phi) is 5.01. The van der Waals surface area contributed by atoms with Crippen molar-refractivity contribution >= 4 is 5.91 Å². The SMILES string of the molecule is O=C(c1ccc(-c2ccccc2F)o1)N(Cc1cccnc1)Cc1ccco1. The molecule has 28 heavy (non-hydrogen) atoms. The minimum Gasteiger partial charge on any atom is -0.467 e. The van der Waals surface area contributed by atoms with Crippen LogP contribution in [-0.4, -0.2) is 15.8 Å². The van der Waals surface area contributed by atoms with Gasteiger partial charge in [-0.05, 0) is 48.0 Å². The van der Waals surface area contributed by atoms with Gasteiger partial charge in [0.25, 0.3) is 5.91 Å². The normalized spacial score (nSPS) is 10.8. The number of nitrogens with zero attached hydrogens (tertiary/aromatic N) is 2. The molecule has 4 rings (SSSR count). The molecule has 0 radical (unpaired) electrons. The van der Waals surface area contributed by atoms with Gasteiger partial charge in [-0.1, -0.05) is 18.2 Å². The molecule has 0 spiro atoms. The number of pyridine rings is 1. The molecule has 3 heterocycles. The Hall–Kier alpha value is -3.67. The molecule has 6 heteroatoms. The Balaban J connectivity index is 1.61. The number of furan rings is 2. The predicted octanol–water partition coefficient (Wildman–Crippen LogP) is 4.92. The van der Waals surface area contributed by atoms with Crippen LogP contribution in [0.5, 0.6) is 0 Å². The molecule has 3 aromatic heterocycles. The molecule has 0 fully saturated rings. The van der Waals surface area contributed by atoms with E-state index in [9.17, 15) is 9.18 Å². The zero-order valence-electron chi connectivity index (χ0n) is 14.9. The second-order valence-corrected chi connectivity index (χ2v) is 6.25. The van der Waals surface area contributed by atoms with Crippen LogP contribution < -0.4 is 0 Å². The highest BCUT2D eigenvalue weighted by atomic mass is 19.1. The van der Waals surface area contributed by atoms with Crippen molar-refractivity contribution in [2.75, 3.05) is 0 Å². The summed E-state index contributed by atoms with van der Waals surface area (Å²) < 4.78 is 25.1. The number of carbonyl (C=O) groups excluding carboxylic acids is 1. The molecule has 0 N–H and O–H groups in total. The summed E-state index contributed by atoms with van der Waals surface area (Å²) in [5.74, 6) is 0.370. The van der Waals surface area contributed by atoms with E-state index < -0.39 is 5.82 Å². The fourth-order valence-corrected chi connectivity index (χ4v) is 2.92. The molecule has 0 aliphatic rings. The summed E-state index contributed by atoms with van der Waals surface area (Å²) in [4.78, 5) is 18.8. The number of aromatic nitrogens is 1. The zero-order valence-corrected chi connectivity index (χ0v) is 14.9. The van der Waals surface area contributed by atoms with Crippen molar-refractivity contribution in [2.24, 2.45) is 0 Å². The number of halogens is 1.